The Bertz CT molecular complexity index is 116. The van der Waals surface area contributed by atoms with E-state index < -0.39 is 0 Å². The number of rotatable bonds is 2. The lowest BCUT2D eigenvalue weighted by Gasteiger charge is -2.34. The maximum absolute atomic E-state index is 5.68. The van der Waals surface area contributed by atoms with E-state index in [1.54, 1.807) is 0 Å². The van der Waals surface area contributed by atoms with Gasteiger partial charge in [0, 0.05) is 12.1 Å². The fourth-order valence-corrected chi connectivity index (χ4v) is 1.63. The molecule has 0 amide bonds. The predicted molar refractivity (Wildman–Crippen MR) is 46.7 cm³/mol. The first-order valence-corrected chi connectivity index (χ1v) is 4.61. The summed E-state index contributed by atoms with van der Waals surface area (Å²) >= 11 is 0. The fraction of sp³-hybridized carbons (Fsp3) is 1.00. The molecule has 0 spiro atoms. The fourth-order valence-electron chi connectivity index (χ4n) is 1.63. The number of hydrogen-bond acceptors (Lipinski definition) is 2. The highest BCUT2D eigenvalue weighted by molar-refractivity contribution is 4.80. The Kier molecular flexibility index (Phi) is 3.34. The molecule has 0 radical (unpaired) electrons. The van der Waals surface area contributed by atoms with Crippen molar-refractivity contribution in [1.82, 2.24) is 5.32 Å². The van der Waals surface area contributed by atoms with Gasteiger partial charge in [0.15, 0.2) is 0 Å². The molecule has 0 saturated carbocycles. The number of hydrogen-bond donors (Lipinski definition) is 1. The summed E-state index contributed by atoms with van der Waals surface area (Å²) in [6, 6.07) is 1.05. The SMILES string of the molecule is CCCC1OC[C@@H](C)N[C@@H]1C. The summed E-state index contributed by atoms with van der Waals surface area (Å²) in [6.07, 6.45) is 2.84. The van der Waals surface area contributed by atoms with Gasteiger partial charge in [-0.25, -0.2) is 0 Å². The van der Waals surface area contributed by atoms with Crippen molar-refractivity contribution in [3.05, 3.63) is 0 Å². The molecule has 1 aliphatic heterocycles. The molecule has 1 fully saturated rings. The van der Waals surface area contributed by atoms with Crippen molar-refractivity contribution in [2.45, 2.75) is 51.8 Å². The van der Waals surface area contributed by atoms with E-state index in [1.807, 2.05) is 0 Å². The summed E-state index contributed by atoms with van der Waals surface area (Å²) in [5, 5.41) is 3.49. The van der Waals surface area contributed by atoms with E-state index in [0.717, 1.165) is 6.61 Å². The van der Waals surface area contributed by atoms with E-state index in [2.05, 4.69) is 26.1 Å². The van der Waals surface area contributed by atoms with Gasteiger partial charge in [0.25, 0.3) is 0 Å². The van der Waals surface area contributed by atoms with Crippen LogP contribution in [0.5, 0.6) is 0 Å². The van der Waals surface area contributed by atoms with Gasteiger partial charge in [0.1, 0.15) is 0 Å². The van der Waals surface area contributed by atoms with Crippen molar-refractivity contribution >= 4 is 0 Å². The lowest BCUT2D eigenvalue weighted by atomic mass is 10.1. The Morgan fingerprint density at radius 3 is 2.73 bits per heavy atom. The van der Waals surface area contributed by atoms with E-state index in [1.165, 1.54) is 12.8 Å². The lowest BCUT2D eigenvalue weighted by Crippen LogP contribution is -2.51. The largest absolute Gasteiger partial charge is 0.375 e. The highest BCUT2D eigenvalue weighted by atomic mass is 16.5. The molecule has 0 aromatic carbocycles. The standard InChI is InChI=1S/C9H19NO/c1-4-5-9-8(3)10-7(2)6-11-9/h7-10H,4-6H2,1-3H3/t7-,8-,9?/m1/s1. The normalized spacial score (nSPS) is 39.0. The molecule has 1 saturated heterocycles. The molecular formula is C9H19NO. The summed E-state index contributed by atoms with van der Waals surface area (Å²) in [7, 11) is 0. The van der Waals surface area contributed by atoms with Gasteiger partial charge in [-0.15, -0.1) is 0 Å². The second-order valence-electron chi connectivity index (χ2n) is 3.52. The van der Waals surface area contributed by atoms with Crippen LogP contribution in [0.25, 0.3) is 0 Å². The van der Waals surface area contributed by atoms with Crippen LogP contribution in [-0.2, 0) is 4.74 Å². The van der Waals surface area contributed by atoms with Gasteiger partial charge in [-0.2, -0.15) is 0 Å². The number of morpholine rings is 1. The molecule has 66 valence electrons. The molecule has 1 unspecified atom stereocenters. The van der Waals surface area contributed by atoms with Crippen LogP contribution < -0.4 is 5.32 Å². The molecule has 1 heterocycles. The summed E-state index contributed by atoms with van der Waals surface area (Å²) in [5.41, 5.74) is 0. The van der Waals surface area contributed by atoms with Crippen molar-refractivity contribution < 1.29 is 4.74 Å². The minimum atomic E-state index is 0.441. The zero-order valence-corrected chi connectivity index (χ0v) is 7.76. The van der Waals surface area contributed by atoms with E-state index in [9.17, 15) is 0 Å². The monoisotopic (exact) mass is 157 g/mol. The molecule has 0 aliphatic carbocycles. The van der Waals surface area contributed by atoms with Crippen molar-refractivity contribution in [2.24, 2.45) is 0 Å². The average Bonchev–Trinajstić information content (AvgIpc) is 1.95. The van der Waals surface area contributed by atoms with Crippen LogP contribution in [0.3, 0.4) is 0 Å². The highest BCUT2D eigenvalue weighted by Gasteiger charge is 2.23. The maximum atomic E-state index is 5.68. The van der Waals surface area contributed by atoms with Gasteiger partial charge >= 0.3 is 0 Å². The molecular weight excluding hydrogens is 138 g/mol. The molecule has 2 heteroatoms. The summed E-state index contributed by atoms with van der Waals surface area (Å²) in [6.45, 7) is 7.44. The second-order valence-corrected chi connectivity index (χ2v) is 3.52. The average molecular weight is 157 g/mol. The topological polar surface area (TPSA) is 21.3 Å². The maximum Gasteiger partial charge on any atom is 0.0726 e. The van der Waals surface area contributed by atoms with Gasteiger partial charge in [-0.05, 0) is 20.3 Å². The Labute approximate surface area is 69.3 Å². The quantitative estimate of drug-likeness (QED) is 0.656. The van der Waals surface area contributed by atoms with Crippen molar-refractivity contribution in [3.8, 4) is 0 Å². The van der Waals surface area contributed by atoms with E-state index >= 15 is 0 Å². The first-order chi connectivity index (χ1) is 5.24. The van der Waals surface area contributed by atoms with E-state index in [-0.39, 0.29) is 0 Å². The Hall–Kier alpha value is -0.0800. The second kappa shape index (κ2) is 4.07. The molecule has 0 aromatic heterocycles. The molecule has 11 heavy (non-hydrogen) atoms. The molecule has 0 aromatic rings. The van der Waals surface area contributed by atoms with Gasteiger partial charge in [0.2, 0.25) is 0 Å². The smallest absolute Gasteiger partial charge is 0.0726 e. The Morgan fingerprint density at radius 1 is 1.45 bits per heavy atom. The molecule has 1 rings (SSSR count). The Balaban J connectivity index is 2.31. The van der Waals surface area contributed by atoms with Gasteiger partial charge in [-0.1, -0.05) is 13.3 Å². The molecule has 3 atom stereocenters. The first-order valence-electron chi connectivity index (χ1n) is 4.61. The third kappa shape index (κ3) is 2.46. The van der Waals surface area contributed by atoms with Crippen LogP contribution in [0, 0.1) is 0 Å². The molecule has 0 bridgehead atoms. The van der Waals surface area contributed by atoms with Crippen LogP contribution >= 0.6 is 0 Å². The van der Waals surface area contributed by atoms with Crippen LogP contribution in [-0.4, -0.2) is 24.8 Å². The minimum Gasteiger partial charge on any atom is -0.375 e. The van der Waals surface area contributed by atoms with Crippen molar-refractivity contribution in [3.63, 3.8) is 0 Å². The molecule has 1 aliphatic rings. The number of nitrogens with one attached hydrogen (secondary N) is 1. The summed E-state index contributed by atoms with van der Waals surface area (Å²) in [4.78, 5) is 0. The third-order valence-corrected chi connectivity index (χ3v) is 2.24. The molecule has 2 nitrogen and oxygen atoms in total. The predicted octanol–water partition coefficient (Wildman–Crippen LogP) is 1.55. The first kappa shape index (κ1) is 9.01. The lowest BCUT2D eigenvalue weighted by molar-refractivity contribution is -0.0234. The van der Waals surface area contributed by atoms with Crippen molar-refractivity contribution in [1.29, 1.82) is 0 Å². The van der Waals surface area contributed by atoms with Crippen LogP contribution in [0.15, 0.2) is 0 Å². The Morgan fingerprint density at radius 2 is 2.18 bits per heavy atom. The van der Waals surface area contributed by atoms with E-state index in [0.29, 0.717) is 18.2 Å². The zero-order valence-electron chi connectivity index (χ0n) is 7.76. The minimum absolute atomic E-state index is 0.441. The third-order valence-electron chi connectivity index (χ3n) is 2.24. The van der Waals surface area contributed by atoms with E-state index in [4.69, 9.17) is 4.74 Å². The highest BCUT2D eigenvalue weighted by Crippen LogP contribution is 2.12. The van der Waals surface area contributed by atoms with Crippen LogP contribution in [0.2, 0.25) is 0 Å². The van der Waals surface area contributed by atoms with Crippen LogP contribution in [0.1, 0.15) is 33.6 Å². The van der Waals surface area contributed by atoms with Crippen LogP contribution in [0.4, 0.5) is 0 Å². The molecule has 1 N–H and O–H groups in total. The van der Waals surface area contributed by atoms with Gasteiger partial charge in [-0.3, -0.25) is 0 Å². The summed E-state index contributed by atoms with van der Waals surface area (Å²) in [5.74, 6) is 0. The zero-order chi connectivity index (χ0) is 8.27. The van der Waals surface area contributed by atoms with Gasteiger partial charge in [0.05, 0.1) is 12.7 Å². The van der Waals surface area contributed by atoms with Gasteiger partial charge < -0.3 is 10.1 Å². The van der Waals surface area contributed by atoms with Crippen molar-refractivity contribution in [2.75, 3.05) is 6.61 Å². The number of ether oxygens (including phenoxy) is 1. The summed E-state index contributed by atoms with van der Waals surface area (Å²) < 4.78 is 5.68.